The highest BCUT2D eigenvalue weighted by atomic mass is 32.2. The molecule has 33 heavy (non-hydrogen) atoms. The summed E-state index contributed by atoms with van der Waals surface area (Å²) < 4.78 is 73.4. The Morgan fingerprint density at radius 3 is 2.36 bits per heavy atom. The summed E-state index contributed by atoms with van der Waals surface area (Å²) >= 11 is 0.948. The number of hydrogen-bond donors (Lipinski definition) is 1. The summed E-state index contributed by atoms with van der Waals surface area (Å²) in [5.41, 5.74) is 0.952. The third-order valence-corrected chi connectivity index (χ3v) is 7.57. The molecule has 1 N–H and O–H groups in total. The quantitative estimate of drug-likeness (QED) is 0.414. The molecule has 3 rings (SSSR count). The molecule has 1 aromatic heterocycles. The van der Waals surface area contributed by atoms with Crippen LogP contribution in [0.1, 0.15) is 18.9 Å². The van der Waals surface area contributed by atoms with Gasteiger partial charge >= 0.3 is 12.3 Å². The summed E-state index contributed by atoms with van der Waals surface area (Å²) in [7, 11) is -4.08. The van der Waals surface area contributed by atoms with Crippen LogP contribution in [0.5, 0.6) is 11.5 Å². The molecule has 0 aliphatic carbocycles. The van der Waals surface area contributed by atoms with Gasteiger partial charge in [0.05, 0.1) is 17.9 Å². The summed E-state index contributed by atoms with van der Waals surface area (Å²) in [6.45, 7) is 2.20. The molecule has 0 unspecified atom stereocenters. The standard InChI is InChI=1S/C22H19F3O6S2/c1-2-8-30-17-10-14(12-20(26)27)11-18(13-17)33(28,29)21-19(7-9-32-21)15-3-5-16(6-4-15)31-22(23,24)25/h3-7,9-11,13H,2,8,12H2,1H3,(H,26,27). The van der Waals surface area contributed by atoms with Gasteiger partial charge in [0.25, 0.3) is 0 Å². The first-order valence-corrected chi connectivity index (χ1v) is 12.0. The van der Waals surface area contributed by atoms with Gasteiger partial charge in [-0.05, 0) is 59.3 Å². The molecule has 0 spiro atoms. The Hall–Kier alpha value is -3.05. The summed E-state index contributed by atoms with van der Waals surface area (Å²) in [6.07, 6.45) is -4.55. The van der Waals surface area contributed by atoms with Gasteiger partial charge in [0.1, 0.15) is 15.7 Å². The Morgan fingerprint density at radius 2 is 1.76 bits per heavy atom. The summed E-state index contributed by atoms with van der Waals surface area (Å²) in [5.74, 6) is -1.31. The molecule has 0 saturated carbocycles. The smallest absolute Gasteiger partial charge is 0.494 e. The number of carbonyl (C=O) groups is 1. The first-order valence-electron chi connectivity index (χ1n) is 9.67. The van der Waals surface area contributed by atoms with Crippen molar-refractivity contribution in [1.82, 2.24) is 0 Å². The minimum Gasteiger partial charge on any atom is -0.494 e. The van der Waals surface area contributed by atoms with Crippen LogP contribution in [-0.2, 0) is 21.1 Å². The second-order valence-electron chi connectivity index (χ2n) is 6.93. The summed E-state index contributed by atoms with van der Waals surface area (Å²) in [4.78, 5) is 11.0. The van der Waals surface area contributed by atoms with E-state index in [0.717, 1.165) is 23.5 Å². The predicted molar refractivity (Wildman–Crippen MR) is 115 cm³/mol. The molecular weight excluding hydrogens is 481 g/mol. The number of thiophene rings is 1. The largest absolute Gasteiger partial charge is 0.573 e. The molecule has 0 amide bonds. The summed E-state index contributed by atoms with van der Waals surface area (Å²) in [5, 5.41) is 10.7. The highest BCUT2D eigenvalue weighted by Crippen LogP contribution is 2.38. The van der Waals surface area contributed by atoms with Gasteiger partial charge in [0.2, 0.25) is 9.84 Å². The SMILES string of the molecule is CCCOc1cc(CC(=O)O)cc(S(=O)(=O)c2sccc2-c2ccc(OC(F)(F)F)cc2)c1. The van der Waals surface area contributed by atoms with Crippen LogP contribution in [0.25, 0.3) is 11.1 Å². The van der Waals surface area contributed by atoms with Gasteiger partial charge in [-0.2, -0.15) is 0 Å². The zero-order chi connectivity index (χ0) is 24.2. The number of hydrogen-bond acceptors (Lipinski definition) is 6. The molecule has 6 nitrogen and oxygen atoms in total. The lowest BCUT2D eigenvalue weighted by molar-refractivity contribution is -0.274. The van der Waals surface area contributed by atoms with Gasteiger partial charge in [0, 0.05) is 5.56 Å². The highest BCUT2D eigenvalue weighted by molar-refractivity contribution is 7.93. The molecular formula is C22H19F3O6S2. The van der Waals surface area contributed by atoms with E-state index in [1.807, 2.05) is 6.92 Å². The molecule has 0 saturated heterocycles. The van der Waals surface area contributed by atoms with Crippen molar-refractivity contribution in [2.24, 2.45) is 0 Å². The number of benzene rings is 2. The van der Waals surface area contributed by atoms with Crippen LogP contribution in [0.15, 0.2) is 63.0 Å². The minimum absolute atomic E-state index is 0.0269. The molecule has 2 aromatic carbocycles. The molecule has 0 aliphatic rings. The van der Waals surface area contributed by atoms with Gasteiger partial charge in [-0.25, -0.2) is 8.42 Å². The lowest BCUT2D eigenvalue weighted by Crippen LogP contribution is -2.16. The average molecular weight is 501 g/mol. The topological polar surface area (TPSA) is 89.9 Å². The van der Waals surface area contributed by atoms with Gasteiger partial charge in [0.15, 0.2) is 0 Å². The number of halogens is 3. The van der Waals surface area contributed by atoms with Crippen molar-refractivity contribution in [2.45, 2.75) is 35.2 Å². The maximum absolute atomic E-state index is 13.4. The van der Waals surface area contributed by atoms with E-state index in [4.69, 9.17) is 9.84 Å². The van der Waals surface area contributed by atoms with Gasteiger partial charge in [-0.15, -0.1) is 24.5 Å². The third-order valence-electron chi connectivity index (χ3n) is 4.35. The molecule has 1 heterocycles. The zero-order valence-corrected chi connectivity index (χ0v) is 18.9. The van der Waals surface area contributed by atoms with Crippen LogP contribution in [0.4, 0.5) is 13.2 Å². The van der Waals surface area contributed by atoms with Crippen molar-refractivity contribution < 1.29 is 41.0 Å². The molecule has 0 radical (unpaired) electrons. The highest BCUT2D eigenvalue weighted by Gasteiger charge is 2.31. The summed E-state index contributed by atoms with van der Waals surface area (Å²) in [6, 6.07) is 10.5. The zero-order valence-electron chi connectivity index (χ0n) is 17.3. The van der Waals surface area contributed by atoms with Gasteiger partial charge < -0.3 is 14.6 Å². The van der Waals surface area contributed by atoms with E-state index in [9.17, 15) is 26.4 Å². The second-order valence-corrected chi connectivity index (χ2v) is 9.99. The van der Waals surface area contributed by atoms with E-state index in [-0.39, 0.29) is 26.8 Å². The maximum atomic E-state index is 13.4. The van der Waals surface area contributed by atoms with Gasteiger partial charge in [-0.1, -0.05) is 19.1 Å². The number of rotatable bonds is 9. The average Bonchev–Trinajstić information content (AvgIpc) is 3.22. The van der Waals surface area contributed by atoms with Crippen molar-refractivity contribution in [1.29, 1.82) is 0 Å². The minimum atomic E-state index is -4.84. The van der Waals surface area contributed by atoms with Crippen LogP contribution in [0.2, 0.25) is 0 Å². The number of aliphatic carboxylic acids is 1. The van der Waals surface area contributed by atoms with E-state index in [2.05, 4.69) is 4.74 Å². The van der Waals surface area contributed by atoms with Crippen molar-refractivity contribution in [2.75, 3.05) is 6.61 Å². The first-order chi connectivity index (χ1) is 15.5. The molecule has 0 bridgehead atoms. The monoisotopic (exact) mass is 500 g/mol. The number of carboxylic acids is 1. The molecule has 0 fully saturated rings. The maximum Gasteiger partial charge on any atom is 0.573 e. The number of sulfone groups is 1. The van der Waals surface area contributed by atoms with E-state index in [1.165, 1.54) is 30.3 Å². The lowest BCUT2D eigenvalue weighted by Gasteiger charge is -2.12. The van der Waals surface area contributed by atoms with Crippen molar-refractivity contribution in [3.63, 3.8) is 0 Å². The van der Waals surface area contributed by atoms with Crippen LogP contribution in [0.3, 0.4) is 0 Å². The Bertz CT molecular complexity index is 1230. The Kier molecular flexibility index (Phi) is 7.33. The molecule has 3 aromatic rings. The Morgan fingerprint density at radius 1 is 1.06 bits per heavy atom. The van der Waals surface area contributed by atoms with Crippen molar-refractivity contribution >= 4 is 27.1 Å². The van der Waals surface area contributed by atoms with E-state index in [0.29, 0.717) is 24.2 Å². The van der Waals surface area contributed by atoms with Crippen LogP contribution in [0, 0.1) is 0 Å². The number of ether oxygens (including phenoxy) is 2. The predicted octanol–water partition coefficient (Wildman–Crippen LogP) is 5.56. The normalized spacial score (nSPS) is 11.9. The third kappa shape index (κ3) is 6.26. The Balaban J connectivity index is 2.01. The van der Waals surface area contributed by atoms with Crippen LogP contribution in [-0.4, -0.2) is 32.5 Å². The van der Waals surface area contributed by atoms with Crippen LogP contribution < -0.4 is 9.47 Å². The molecule has 0 aliphatic heterocycles. The number of carboxylic acid groups (broad SMARTS) is 1. The molecule has 0 atom stereocenters. The first kappa shape index (κ1) is 24.6. The van der Waals surface area contributed by atoms with Gasteiger partial charge in [-0.3, -0.25) is 4.79 Å². The number of alkyl halides is 3. The van der Waals surface area contributed by atoms with Crippen LogP contribution >= 0.6 is 11.3 Å². The van der Waals surface area contributed by atoms with E-state index >= 15 is 0 Å². The second kappa shape index (κ2) is 9.84. The fraction of sp³-hybridized carbons (Fsp3) is 0.227. The van der Waals surface area contributed by atoms with Crippen molar-refractivity contribution in [3.8, 4) is 22.6 Å². The Labute approximate surface area is 192 Å². The fourth-order valence-corrected chi connectivity index (χ4v) is 5.90. The van der Waals surface area contributed by atoms with E-state index in [1.54, 1.807) is 11.4 Å². The molecule has 11 heteroatoms. The fourth-order valence-electron chi connectivity index (χ4n) is 3.03. The lowest BCUT2D eigenvalue weighted by atomic mass is 10.1. The van der Waals surface area contributed by atoms with E-state index < -0.39 is 27.9 Å². The van der Waals surface area contributed by atoms with Crippen molar-refractivity contribution in [3.05, 3.63) is 59.5 Å². The molecule has 176 valence electrons.